The van der Waals surface area contributed by atoms with Crippen molar-refractivity contribution < 1.29 is 14.5 Å². The van der Waals surface area contributed by atoms with Gasteiger partial charge in [0.1, 0.15) is 11.6 Å². The Morgan fingerprint density at radius 3 is 2.36 bits per heavy atom. The average Bonchev–Trinajstić information content (AvgIpc) is 2.64. The number of halogens is 1. The quantitative estimate of drug-likeness (QED) is 0.293. The molecule has 0 atom stereocenters. The van der Waals surface area contributed by atoms with Crippen molar-refractivity contribution in [2.45, 2.75) is 6.92 Å². The van der Waals surface area contributed by atoms with E-state index < -0.39 is 10.8 Å². The number of nitrogens with one attached hydrogen (secondary N) is 3. The number of amides is 2. The molecule has 0 radical (unpaired) electrons. The Balaban J connectivity index is 2.11. The smallest absolute Gasteiger partial charge is 0.271 e. The van der Waals surface area contributed by atoms with E-state index in [0.29, 0.717) is 11.4 Å². The number of anilines is 3. The van der Waals surface area contributed by atoms with E-state index in [0.717, 1.165) is 6.07 Å². The van der Waals surface area contributed by atoms with Crippen LogP contribution >= 0.6 is 11.6 Å². The molecule has 0 aliphatic carbocycles. The van der Waals surface area contributed by atoms with Crippen molar-refractivity contribution in [3.63, 3.8) is 0 Å². The summed E-state index contributed by atoms with van der Waals surface area (Å²) in [5.74, 6) is -0.990. The van der Waals surface area contributed by atoms with E-state index in [2.05, 4.69) is 16.0 Å². The van der Waals surface area contributed by atoms with Gasteiger partial charge in [-0.3, -0.25) is 19.7 Å². The van der Waals surface area contributed by atoms with Gasteiger partial charge in [-0.2, -0.15) is 5.26 Å². The Bertz CT molecular complexity index is 996. The molecule has 0 saturated carbocycles. The lowest BCUT2D eigenvalue weighted by Gasteiger charge is -2.07. The number of nitriles is 1. The monoisotopic (exact) mass is 399 g/mol. The molecule has 0 bridgehead atoms. The largest absolute Gasteiger partial charge is 0.360 e. The van der Waals surface area contributed by atoms with E-state index in [1.807, 2.05) is 0 Å². The lowest BCUT2D eigenvalue weighted by Crippen LogP contribution is -2.15. The fraction of sp³-hybridized carbons (Fsp3) is 0.0556. The Morgan fingerprint density at radius 2 is 1.79 bits per heavy atom. The highest BCUT2D eigenvalue weighted by atomic mass is 35.5. The third kappa shape index (κ3) is 5.55. The van der Waals surface area contributed by atoms with E-state index in [1.165, 1.54) is 25.3 Å². The molecule has 142 valence electrons. The minimum absolute atomic E-state index is 0.0154. The first kappa shape index (κ1) is 20.4. The van der Waals surface area contributed by atoms with Gasteiger partial charge in [0.05, 0.1) is 15.6 Å². The molecule has 0 fully saturated rings. The minimum atomic E-state index is -0.785. The molecule has 28 heavy (non-hydrogen) atoms. The fourth-order valence-electron chi connectivity index (χ4n) is 2.07. The van der Waals surface area contributed by atoms with E-state index in [9.17, 15) is 25.0 Å². The number of carbonyl (C=O) groups is 2. The number of nitro groups is 1. The van der Waals surface area contributed by atoms with E-state index in [-0.39, 0.29) is 27.9 Å². The third-order valence-corrected chi connectivity index (χ3v) is 3.69. The predicted octanol–water partition coefficient (Wildman–Crippen LogP) is 3.66. The number of carbonyl (C=O) groups excluding carboxylic acids is 2. The summed E-state index contributed by atoms with van der Waals surface area (Å²) in [5.41, 5.74) is 0.665. The van der Waals surface area contributed by atoms with Crippen molar-refractivity contribution in [3.05, 3.63) is 69.4 Å². The second-order valence-corrected chi connectivity index (χ2v) is 5.86. The Hall–Kier alpha value is -3.90. The second-order valence-electron chi connectivity index (χ2n) is 5.45. The topological polar surface area (TPSA) is 137 Å². The predicted molar refractivity (Wildman–Crippen MR) is 105 cm³/mol. The zero-order valence-electron chi connectivity index (χ0n) is 14.5. The molecule has 0 aliphatic heterocycles. The molecule has 9 nitrogen and oxygen atoms in total. The first-order valence-electron chi connectivity index (χ1n) is 7.80. The lowest BCUT2D eigenvalue weighted by atomic mass is 10.2. The molecule has 3 N–H and O–H groups in total. The summed E-state index contributed by atoms with van der Waals surface area (Å²) in [7, 11) is 0. The molecular formula is C18H14ClN5O4. The number of nitro benzene ring substituents is 1. The second kappa shape index (κ2) is 9.16. The van der Waals surface area contributed by atoms with Crippen LogP contribution in [0.15, 0.2) is 54.2 Å². The normalized spacial score (nSPS) is 10.5. The number of rotatable bonds is 6. The zero-order chi connectivity index (χ0) is 20.7. The summed E-state index contributed by atoms with van der Waals surface area (Å²) in [6.45, 7) is 1.39. The first-order valence-corrected chi connectivity index (χ1v) is 8.17. The van der Waals surface area contributed by atoms with Gasteiger partial charge in [-0.15, -0.1) is 0 Å². The van der Waals surface area contributed by atoms with Gasteiger partial charge in [0.25, 0.3) is 11.6 Å². The minimum Gasteiger partial charge on any atom is -0.360 e. The molecule has 0 heterocycles. The van der Waals surface area contributed by atoms with Crippen LogP contribution in [-0.2, 0) is 9.59 Å². The van der Waals surface area contributed by atoms with Crippen molar-refractivity contribution in [1.29, 1.82) is 5.26 Å². The number of hydrogen-bond acceptors (Lipinski definition) is 6. The summed E-state index contributed by atoms with van der Waals surface area (Å²) in [5, 5.41) is 27.9. The van der Waals surface area contributed by atoms with Gasteiger partial charge in [0.15, 0.2) is 0 Å². The van der Waals surface area contributed by atoms with Crippen LogP contribution in [0.4, 0.5) is 22.7 Å². The number of benzene rings is 2. The molecule has 2 aromatic carbocycles. The number of hydrogen-bond donors (Lipinski definition) is 3. The molecule has 0 aromatic heterocycles. The van der Waals surface area contributed by atoms with Gasteiger partial charge >= 0.3 is 0 Å². The van der Waals surface area contributed by atoms with Crippen LogP contribution in [-0.4, -0.2) is 16.7 Å². The molecule has 10 heteroatoms. The Labute approximate surface area is 164 Å². The summed E-state index contributed by atoms with van der Waals surface area (Å²) < 4.78 is 0. The highest BCUT2D eigenvalue weighted by Crippen LogP contribution is 2.27. The van der Waals surface area contributed by atoms with Gasteiger partial charge < -0.3 is 16.0 Å². The highest BCUT2D eigenvalue weighted by Gasteiger charge is 2.15. The van der Waals surface area contributed by atoms with Gasteiger partial charge in [-0.25, -0.2) is 0 Å². The fourth-order valence-corrected chi connectivity index (χ4v) is 2.23. The maximum atomic E-state index is 12.3. The maximum absolute atomic E-state index is 12.3. The van der Waals surface area contributed by atoms with Gasteiger partial charge in [-0.05, 0) is 30.3 Å². The van der Waals surface area contributed by atoms with Crippen molar-refractivity contribution in [3.8, 4) is 6.07 Å². The van der Waals surface area contributed by atoms with Crippen LogP contribution in [0.1, 0.15) is 6.92 Å². The van der Waals surface area contributed by atoms with E-state index in [1.54, 1.807) is 30.3 Å². The van der Waals surface area contributed by atoms with Crippen molar-refractivity contribution in [1.82, 2.24) is 0 Å². The van der Waals surface area contributed by atoms with Crippen LogP contribution in [0, 0.1) is 21.4 Å². The summed E-state index contributed by atoms with van der Waals surface area (Å²) in [4.78, 5) is 33.5. The third-order valence-electron chi connectivity index (χ3n) is 3.36. The maximum Gasteiger partial charge on any atom is 0.271 e. The van der Waals surface area contributed by atoms with Gasteiger partial charge in [-0.1, -0.05) is 11.6 Å². The summed E-state index contributed by atoms with van der Waals surface area (Å²) in [6.07, 6.45) is 1.19. The van der Waals surface area contributed by atoms with Crippen LogP contribution in [0.3, 0.4) is 0 Å². The van der Waals surface area contributed by atoms with Crippen molar-refractivity contribution in [2.75, 3.05) is 16.0 Å². The van der Waals surface area contributed by atoms with Gasteiger partial charge in [0, 0.05) is 36.6 Å². The van der Waals surface area contributed by atoms with Crippen molar-refractivity contribution >= 4 is 46.2 Å². The molecule has 0 saturated heterocycles. The van der Waals surface area contributed by atoms with E-state index in [4.69, 9.17) is 11.6 Å². The molecular weight excluding hydrogens is 386 g/mol. The summed E-state index contributed by atoms with van der Waals surface area (Å²) in [6, 6.07) is 11.9. The molecule has 2 amide bonds. The molecule has 2 aromatic rings. The van der Waals surface area contributed by atoms with E-state index >= 15 is 0 Å². The van der Waals surface area contributed by atoms with Crippen LogP contribution in [0.2, 0.25) is 5.02 Å². The molecule has 0 aliphatic rings. The lowest BCUT2D eigenvalue weighted by molar-refractivity contribution is -0.384. The Morgan fingerprint density at radius 1 is 1.14 bits per heavy atom. The first-order chi connectivity index (χ1) is 13.3. The SMILES string of the molecule is CC(=O)Nc1ccc(N/C=C(/C#N)C(=O)Nc2cc([N+](=O)[O-])ccc2Cl)cc1. The van der Waals surface area contributed by atoms with Crippen molar-refractivity contribution in [2.24, 2.45) is 0 Å². The summed E-state index contributed by atoms with van der Waals surface area (Å²) >= 11 is 5.93. The van der Waals surface area contributed by atoms with Crippen LogP contribution in [0.5, 0.6) is 0 Å². The van der Waals surface area contributed by atoms with Crippen LogP contribution in [0.25, 0.3) is 0 Å². The molecule has 0 spiro atoms. The molecule has 2 rings (SSSR count). The number of non-ortho nitro benzene ring substituents is 1. The highest BCUT2D eigenvalue weighted by molar-refractivity contribution is 6.34. The van der Waals surface area contributed by atoms with Crippen LogP contribution < -0.4 is 16.0 Å². The zero-order valence-corrected chi connectivity index (χ0v) is 15.3. The standard InChI is InChI=1S/C18H14ClN5O4/c1-11(25)22-14-4-2-13(3-5-14)21-10-12(9-20)18(26)23-17-8-15(24(27)28)6-7-16(17)19/h2-8,10,21H,1H3,(H,22,25)(H,23,26)/b12-10-. The van der Waals surface area contributed by atoms with Gasteiger partial charge in [0.2, 0.25) is 5.91 Å². The molecule has 0 unspecified atom stereocenters. The Kier molecular flexibility index (Phi) is 6.68. The number of nitrogens with zero attached hydrogens (tertiary/aromatic N) is 2. The average molecular weight is 400 g/mol.